The van der Waals surface area contributed by atoms with Crippen molar-refractivity contribution in [3.8, 4) is 11.3 Å². The van der Waals surface area contributed by atoms with Crippen LogP contribution in [0.3, 0.4) is 0 Å². The standard InChI is InChI=1S/C32H33NO/c1-19(2)20-11-12-23(22-10-8-7-9-21(20)22)29-30-24(13-16-33-29)25-17-26-27(18-28(25)34-30)32(5,6)15-14-31(26,3)4/h7-13,16-19H,14-15H2,1-6H3. The lowest BCUT2D eigenvalue weighted by atomic mass is 9.63. The molecule has 0 N–H and O–H groups in total. The van der Waals surface area contributed by atoms with Gasteiger partial charge in [-0.25, -0.2) is 0 Å². The van der Waals surface area contributed by atoms with Crippen molar-refractivity contribution in [2.24, 2.45) is 0 Å². The summed E-state index contributed by atoms with van der Waals surface area (Å²) >= 11 is 0. The van der Waals surface area contributed by atoms with E-state index in [9.17, 15) is 0 Å². The Hall–Kier alpha value is -3.13. The summed E-state index contributed by atoms with van der Waals surface area (Å²) in [4.78, 5) is 4.86. The lowest BCUT2D eigenvalue weighted by Gasteiger charge is -2.41. The second-order valence-electron chi connectivity index (χ2n) is 11.7. The number of nitrogens with zero attached hydrogens (tertiary/aromatic N) is 1. The molecule has 34 heavy (non-hydrogen) atoms. The van der Waals surface area contributed by atoms with Crippen LogP contribution in [0.25, 0.3) is 44.0 Å². The molecule has 1 aliphatic rings. The van der Waals surface area contributed by atoms with E-state index in [2.05, 4.69) is 96.1 Å². The Bertz CT molecular complexity index is 1580. The summed E-state index contributed by atoms with van der Waals surface area (Å²) in [5, 5.41) is 4.88. The van der Waals surface area contributed by atoms with Gasteiger partial charge in [0.2, 0.25) is 0 Å². The van der Waals surface area contributed by atoms with Crippen molar-refractivity contribution in [2.75, 3.05) is 0 Å². The highest BCUT2D eigenvalue weighted by Gasteiger charge is 2.37. The van der Waals surface area contributed by atoms with E-state index >= 15 is 0 Å². The molecular weight excluding hydrogens is 414 g/mol. The number of aromatic nitrogens is 1. The molecule has 1 aliphatic carbocycles. The summed E-state index contributed by atoms with van der Waals surface area (Å²) < 4.78 is 6.63. The highest BCUT2D eigenvalue weighted by molar-refractivity contribution is 6.11. The molecule has 6 rings (SSSR count). The van der Waals surface area contributed by atoms with Gasteiger partial charge in [0.15, 0.2) is 5.58 Å². The minimum absolute atomic E-state index is 0.155. The van der Waals surface area contributed by atoms with Crippen LogP contribution in [0.15, 0.2) is 65.2 Å². The highest BCUT2D eigenvalue weighted by Crippen LogP contribution is 2.48. The first-order valence-corrected chi connectivity index (χ1v) is 12.6. The fourth-order valence-corrected chi connectivity index (χ4v) is 5.99. The van der Waals surface area contributed by atoms with Crippen molar-refractivity contribution in [3.63, 3.8) is 0 Å². The lowest BCUT2D eigenvalue weighted by molar-refractivity contribution is 0.332. The van der Waals surface area contributed by atoms with Gasteiger partial charge in [-0.3, -0.25) is 4.98 Å². The maximum atomic E-state index is 6.63. The van der Waals surface area contributed by atoms with Crippen molar-refractivity contribution in [2.45, 2.75) is 71.1 Å². The van der Waals surface area contributed by atoms with Gasteiger partial charge in [-0.15, -0.1) is 0 Å². The summed E-state index contributed by atoms with van der Waals surface area (Å²) in [6.07, 6.45) is 4.33. The predicted octanol–water partition coefficient (Wildman–Crippen LogP) is 9.27. The van der Waals surface area contributed by atoms with E-state index in [0.717, 1.165) is 27.8 Å². The number of fused-ring (bicyclic) bond motifs is 5. The molecule has 3 aromatic carbocycles. The summed E-state index contributed by atoms with van der Waals surface area (Å²) in [7, 11) is 0. The smallest absolute Gasteiger partial charge is 0.161 e. The summed E-state index contributed by atoms with van der Waals surface area (Å²) in [5.41, 5.74) is 8.50. The molecule has 0 aliphatic heterocycles. The molecule has 0 fully saturated rings. The molecule has 0 unspecified atom stereocenters. The highest BCUT2D eigenvalue weighted by atomic mass is 16.3. The second-order valence-corrected chi connectivity index (χ2v) is 11.7. The van der Waals surface area contributed by atoms with Crippen LogP contribution in [-0.4, -0.2) is 4.98 Å². The molecule has 0 bridgehead atoms. The van der Waals surface area contributed by atoms with Gasteiger partial charge < -0.3 is 4.42 Å². The van der Waals surface area contributed by atoms with Crippen LogP contribution in [0, 0.1) is 0 Å². The maximum Gasteiger partial charge on any atom is 0.161 e. The molecule has 2 nitrogen and oxygen atoms in total. The van der Waals surface area contributed by atoms with Gasteiger partial charge >= 0.3 is 0 Å². The predicted molar refractivity (Wildman–Crippen MR) is 144 cm³/mol. The zero-order valence-corrected chi connectivity index (χ0v) is 21.1. The van der Waals surface area contributed by atoms with Gasteiger partial charge in [0.1, 0.15) is 11.3 Å². The molecule has 2 heterocycles. The number of benzene rings is 3. The number of hydrogen-bond acceptors (Lipinski definition) is 2. The molecule has 0 saturated carbocycles. The Labute approximate surface area is 202 Å². The largest absolute Gasteiger partial charge is 0.454 e. The van der Waals surface area contributed by atoms with Crippen molar-refractivity contribution < 1.29 is 4.42 Å². The van der Waals surface area contributed by atoms with E-state index in [4.69, 9.17) is 9.40 Å². The third-order valence-electron chi connectivity index (χ3n) is 8.19. The Balaban J connectivity index is 1.66. The molecule has 5 aromatic rings. The van der Waals surface area contributed by atoms with Crippen LogP contribution >= 0.6 is 0 Å². The van der Waals surface area contributed by atoms with Crippen LogP contribution in [-0.2, 0) is 10.8 Å². The second kappa shape index (κ2) is 7.18. The molecular formula is C32H33NO. The molecule has 0 spiro atoms. The first kappa shape index (κ1) is 21.4. The maximum absolute atomic E-state index is 6.63. The number of pyridine rings is 1. The van der Waals surface area contributed by atoms with Crippen LogP contribution < -0.4 is 0 Å². The average molecular weight is 448 g/mol. The Kier molecular flexibility index (Phi) is 4.52. The van der Waals surface area contributed by atoms with E-state index in [1.54, 1.807) is 0 Å². The Morgan fingerprint density at radius 1 is 0.765 bits per heavy atom. The lowest BCUT2D eigenvalue weighted by Crippen LogP contribution is -2.33. The average Bonchev–Trinajstić information content (AvgIpc) is 3.19. The van der Waals surface area contributed by atoms with Gasteiger partial charge in [0, 0.05) is 22.5 Å². The van der Waals surface area contributed by atoms with Crippen molar-refractivity contribution in [3.05, 3.63) is 77.5 Å². The Morgan fingerprint density at radius 3 is 2.15 bits per heavy atom. The fraction of sp³-hybridized carbons (Fsp3) is 0.344. The number of hydrogen-bond donors (Lipinski definition) is 0. The van der Waals surface area contributed by atoms with Gasteiger partial charge in [0.05, 0.1) is 0 Å². The molecule has 2 heteroatoms. The monoisotopic (exact) mass is 447 g/mol. The molecule has 0 radical (unpaired) electrons. The van der Waals surface area contributed by atoms with Crippen molar-refractivity contribution in [1.29, 1.82) is 0 Å². The molecule has 0 atom stereocenters. The summed E-state index contributed by atoms with van der Waals surface area (Å²) in [6, 6.07) is 20.0. The van der Waals surface area contributed by atoms with E-state index in [1.165, 1.54) is 45.7 Å². The first-order valence-electron chi connectivity index (χ1n) is 12.6. The molecule has 172 valence electrons. The van der Waals surface area contributed by atoms with Crippen molar-refractivity contribution in [1.82, 2.24) is 4.98 Å². The van der Waals surface area contributed by atoms with Gasteiger partial charge in [-0.05, 0) is 75.3 Å². The Morgan fingerprint density at radius 2 is 1.44 bits per heavy atom. The van der Waals surface area contributed by atoms with Crippen LogP contribution in [0.1, 0.15) is 77.0 Å². The zero-order chi connectivity index (χ0) is 23.8. The number of furan rings is 1. The van der Waals surface area contributed by atoms with Crippen molar-refractivity contribution >= 4 is 32.7 Å². The summed E-state index contributed by atoms with van der Waals surface area (Å²) in [5.74, 6) is 0.465. The normalized spacial score (nSPS) is 17.0. The first-order chi connectivity index (χ1) is 16.2. The third kappa shape index (κ3) is 3.04. The van der Waals surface area contributed by atoms with Gasteiger partial charge in [-0.1, -0.05) is 77.9 Å². The minimum Gasteiger partial charge on any atom is -0.454 e. The SMILES string of the molecule is CC(C)c1ccc(-c2nccc3c2oc2cc4c(cc23)C(C)(C)CCC4(C)C)c2ccccc12. The fourth-order valence-electron chi connectivity index (χ4n) is 5.99. The molecule has 2 aromatic heterocycles. The van der Waals surface area contributed by atoms with E-state index < -0.39 is 0 Å². The molecule has 0 amide bonds. The zero-order valence-electron chi connectivity index (χ0n) is 21.1. The third-order valence-corrected chi connectivity index (χ3v) is 8.19. The molecule has 0 saturated heterocycles. The van der Waals surface area contributed by atoms with E-state index in [0.29, 0.717) is 5.92 Å². The van der Waals surface area contributed by atoms with Crippen LogP contribution in [0.5, 0.6) is 0 Å². The van der Waals surface area contributed by atoms with Gasteiger partial charge in [0.25, 0.3) is 0 Å². The number of rotatable bonds is 2. The van der Waals surface area contributed by atoms with E-state index in [1.807, 2.05) is 6.20 Å². The summed E-state index contributed by atoms with van der Waals surface area (Å²) in [6.45, 7) is 14.0. The van der Waals surface area contributed by atoms with Gasteiger partial charge in [-0.2, -0.15) is 0 Å². The van der Waals surface area contributed by atoms with Crippen LogP contribution in [0.2, 0.25) is 0 Å². The van der Waals surface area contributed by atoms with E-state index in [-0.39, 0.29) is 10.8 Å². The quantitative estimate of drug-likeness (QED) is 0.269. The topological polar surface area (TPSA) is 26.0 Å². The van der Waals surface area contributed by atoms with Crippen LogP contribution in [0.4, 0.5) is 0 Å². The minimum atomic E-state index is 0.155.